The standard InChI is InChI=1S/C22H26N2O3/c1-23-19-9-8-16(15-6-4-3-5-7-15)12-18(19)22-17(20(23)13-25)10-11-24(22)21(26)14-27-2/h3-9,12,17,20,22,25H,10-11,13-14H2,1-2H3/t17-,20-,22-/m1/s1. The Morgan fingerprint density at radius 3 is 2.67 bits per heavy atom. The van der Waals surface area contributed by atoms with E-state index in [-0.39, 0.29) is 37.1 Å². The average Bonchev–Trinajstić information content (AvgIpc) is 3.14. The van der Waals surface area contributed by atoms with Crippen LogP contribution >= 0.6 is 0 Å². The lowest BCUT2D eigenvalue weighted by Crippen LogP contribution is -2.48. The van der Waals surface area contributed by atoms with Crippen LogP contribution in [0.15, 0.2) is 48.5 Å². The number of likely N-dealkylation sites (tertiary alicyclic amines) is 1. The molecule has 2 aliphatic heterocycles. The maximum atomic E-state index is 12.7. The van der Waals surface area contributed by atoms with Gasteiger partial charge in [0, 0.05) is 32.3 Å². The summed E-state index contributed by atoms with van der Waals surface area (Å²) in [6.45, 7) is 0.886. The molecule has 142 valence electrons. The van der Waals surface area contributed by atoms with Crippen molar-refractivity contribution in [1.29, 1.82) is 0 Å². The fourth-order valence-electron chi connectivity index (χ4n) is 4.75. The summed E-state index contributed by atoms with van der Waals surface area (Å²) in [5.74, 6) is 0.238. The highest BCUT2D eigenvalue weighted by atomic mass is 16.5. The van der Waals surface area contributed by atoms with Gasteiger partial charge in [-0.1, -0.05) is 36.4 Å². The zero-order chi connectivity index (χ0) is 19.0. The molecule has 0 aliphatic carbocycles. The third kappa shape index (κ3) is 3.01. The minimum Gasteiger partial charge on any atom is -0.394 e. The minimum absolute atomic E-state index is 0.0142. The van der Waals surface area contributed by atoms with Gasteiger partial charge in [0.2, 0.25) is 5.91 Å². The van der Waals surface area contributed by atoms with Crippen molar-refractivity contribution >= 4 is 11.6 Å². The first-order valence-electron chi connectivity index (χ1n) is 9.47. The molecule has 2 aromatic carbocycles. The molecular weight excluding hydrogens is 340 g/mol. The number of nitrogens with zero attached hydrogens (tertiary/aromatic N) is 2. The Morgan fingerprint density at radius 2 is 1.96 bits per heavy atom. The molecule has 0 unspecified atom stereocenters. The molecule has 0 radical (unpaired) electrons. The van der Waals surface area contributed by atoms with Crippen LogP contribution in [-0.4, -0.2) is 55.9 Å². The van der Waals surface area contributed by atoms with Gasteiger partial charge >= 0.3 is 0 Å². The number of likely N-dealkylation sites (N-methyl/N-ethyl adjacent to an activating group) is 1. The Hall–Kier alpha value is -2.37. The summed E-state index contributed by atoms with van der Waals surface area (Å²) in [5.41, 5.74) is 4.56. The van der Waals surface area contributed by atoms with E-state index in [0.29, 0.717) is 6.54 Å². The zero-order valence-electron chi connectivity index (χ0n) is 15.8. The van der Waals surface area contributed by atoms with E-state index in [1.165, 1.54) is 0 Å². The lowest BCUT2D eigenvalue weighted by atomic mass is 9.81. The Morgan fingerprint density at radius 1 is 1.19 bits per heavy atom. The van der Waals surface area contributed by atoms with Crippen LogP contribution in [0.2, 0.25) is 0 Å². The molecule has 1 saturated heterocycles. The molecule has 2 aromatic rings. The number of ether oxygens (including phenoxy) is 1. The van der Waals surface area contributed by atoms with E-state index in [0.717, 1.165) is 28.8 Å². The Bertz CT molecular complexity index is 824. The monoisotopic (exact) mass is 366 g/mol. The lowest BCUT2D eigenvalue weighted by Gasteiger charge is -2.44. The number of rotatable bonds is 4. The highest BCUT2D eigenvalue weighted by Crippen LogP contribution is 2.49. The number of aliphatic hydroxyl groups excluding tert-OH is 1. The molecule has 3 atom stereocenters. The van der Waals surface area contributed by atoms with E-state index >= 15 is 0 Å². The first-order valence-corrected chi connectivity index (χ1v) is 9.47. The minimum atomic E-state index is -0.0142. The van der Waals surface area contributed by atoms with Crippen LogP contribution in [0, 0.1) is 5.92 Å². The largest absolute Gasteiger partial charge is 0.394 e. The van der Waals surface area contributed by atoms with Gasteiger partial charge < -0.3 is 19.6 Å². The molecule has 1 amide bonds. The van der Waals surface area contributed by atoms with Gasteiger partial charge in [0.1, 0.15) is 6.61 Å². The fourth-order valence-corrected chi connectivity index (χ4v) is 4.75. The van der Waals surface area contributed by atoms with Crippen molar-refractivity contribution in [2.75, 3.05) is 38.8 Å². The Labute approximate surface area is 160 Å². The summed E-state index contributed by atoms with van der Waals surface area (Å²) < 4.78 is 5.10. The van der Waals surface area contributed by atoms with Gasteiger partial charge in [0.05, 0.1) is 18.7 Å². The third-order valence-corrected chi connectivity index (χ3v) is 6.04. The summed E-state index contributed by atoms with van der Waals surface area (Å²) in [7, 11) is 3.59. The highest BCUT2D eigenvalue weighted by Gasteiger charge is 2.47. The smallest absolute Gasteiger partial charge is 0.249 e. The Kier molecular flexibility index (Phi) is 4.89. The van der Waals surface area contributed by atoms with Crippen LogP contribution in [0.25, 0.3) is 11.1 Å². The molecule has 27 heavy (non-hydrogen) atoms. The van der Waals surface area contributed by atoms with E-state index in [4.69, 9.17) is 4.74 Å². The molecule has 1 N–H and O–H groups in total. The number of aliphatic hydroxyl groups is 1. The first kappa shape index (κ1) is 18.0. The second-order valence-electron chi connectivity index (χ2n) is 7.42. The van der Waals surface area contributed by atoms with Crippen molar-refractivity contribution in [3.8, 4) is 11.1 Å². The van der Waals surface area contributed by atoms with Crippen LogP contribution in [0.4, 0.5) is 5.69 Å². The van der Waals surface area contributed by atoms with Crippen molar-refractivity contribution in [3.05, 3.63) is 54.1 Å². The predicted octanol–water partition coefficient (Wildman–Crippen LogP) is 2.70. The number of hydrogen-bond acceptors (Lipinski definition) is 4. The van der Waals surface area contributed by atoms with Crippen LogP contribution in [0.1, 0.15) is 18.0 Å². The number of amides is 1. The second kappa shape index (κ2) is 7.33. The highest BCUT2D eigenvalue weighted by molar-refractivity contribution is 5.80. The summed E-state index contributed by atoms with van der Waals surface area (Å²) in [6.07, 6.45) is 0.894. The van der Waals surface area contributed by atoms with E-state index in [2.05, 4.69) is 35.2 Å². The normalized spacial score (nSPS) is 23.9. The van der Waals surface area contributed by atoms with Crippen molar-refractivity contribution in [3.63, 3.8) is 0 Å². The second-order valence-corrected chi connectivity index (χ2v) is 7.42. The SMILES string of the molecule is COCC(=O)N1CC[C@@H]2[C@@H](CO)N(C)c3ccc(-c4ccccc4)cc3[C@@H]21. The summed E-state index contributed by atoms with van der Waals surface area (Å²) in [6, 6.07) is 16.7. The molecular formula is C22H26N2O3. The van der Waals surface area contributed by atoms with E-state index in [1.54, 1.807) is 7.11 Å². The van der Waals surface area contributed by atoms with Crippen LogP contribution in [0.5, 0.6) is 0 Å². The number of carbonyl (C=O) groups excluding carboxylic acids is 1. The third-order valence-electron chi connectivity index (χ3n) is 6.04. The molecule has 0 bridgehead atoms. The van der Waals surface area contributed by atoms with E-state index in [1.807, 2.05) is 30.1 Å². The molecule has 5 nitrogen and oxygen atoms in total. The number of methoxy groups -OCH3 is 1. The zero-order valence-corrected chi connectivity index (χ0v) is 15.8. The first-order chi connectivity index (χ1) is 13.2. The van der Waals surface area contributed by atoms with Crippen molar-refractivity contribution in [2.45, 2.75) is 18.5 Å². The Balaban J connectivity index is 1.81. The topological polar surface area (TPSA) is 53.0 Å². The van der Waals surface area contributed by atoms with Crippen LogP contribution < -0.4 is 4.90 Å². The number of carbonyl (C=O) groups is 1. The number of benzene rings is 2. The number of hydrogen-bond donors (Lipinski definition) is 1. The van der Waals surface area contributed by atoms with Crippen molar-refractivity contribution < 1.29 is 14.6 Å². The van der Waals surface area contributed by atoms with Gasteiger partial charge in [-0.3, -0.25) is 4.79 Å². The van der Waals surface area contributed by atoms with Gasteiger partial charge in [-0.15, -0.1) is 0 Å². The predicted molar refractivity (Wildman–Crippen MR) is 106 cm³/mol. The summed E-state index contributed by atoms with van der Waals surface area (Å²) >= 11 is 0. The molecule has 0 spiro atoms. The molecule has 4 rings (SSSR count). The van der Waals surface area contributed by atoms with Crippen molar-refractivity contribution in [2.24, 2.45) is 5.92 Å². The van der Waals surface area contributed by atoms with Crippen molar-refractivity contribution in [1.82, 2.24) is 4.90 Å². The van der Waals surface area contributed by atoms with Gasteiger partial charge in [-0.25, -0.2) is 0 Å². The number of fused-ring (bicyclic) bond motifs is 3. The molecule has 1 fully saturated rings. The van der Waals surface area contributed by atoms with Gasteiger partial charge in [-0.2, -0.15) is 0 Å². The maximum Gasteiger partial charge on any atom is 0.249 e. The average molecular weight is 366 g/mol. The molecule has 0 saturated carbocycles. The fraction of sp³-hybridized carbons (Fsp3) is 0.409. The summed E-state index contributed by atoms with van der Waals surface area (Å²) in [4.78, 5) is 16.8. The molecule has 2 aliphatic rings. The van der Waals surface area contributed by atoms with Gasteiger partial charge in [0.15, 0.2) is 0 Å². The molecule has 0 aromatic heterocycles. The van der Waals surface area contributed by atoms with Gasteiger partial charge in [-0.05, 0) is 35.2 Å². The van der Waals surface area contributed by atoms with Gasteiger partial charge in [0.25, 0.3) is 0 Å². The lowest BCUT2D eigenvalue weighted by molar-refractivity contribution is -0.136. The van der Waals surface area contributed by atoms with Crippen LogP contribution in [0.3, 0.4) is 0 Å². The summed E-state index contributed by atoms with van der Waals surface area (Å²) in [5, 5.41) is 10.0. The quantitative estimate of drug-likeness (QED) is 0.904. The molecule has 5 heteroatoms. The number of anilines is 1. The van der Waals surface area contributed by atoms with Crippen LogP contribution in [-0.2, 0) is 9.53 Å². The molecule has 2 heterocycles. The maximum absolute atomic E-state index is 12.7. The van der Waals surface area contributed by atoms with E-state index < -0.39 is 0 Å². The van der Waals surface area contributed by atoms with E-state index in [9.17, 15) is 9.90 Å².